The van der Waals surface area contributed by atoms with Gasteiger partial charge in [-0.2, -0.15) is 0 Å². The number of ether oxygens (including phenoxy) is 4. The maximum Gasteiger partial charge on any atom is 0.190 e. The second kappa shape index (κ2) is 11.6. The van der Waals surface area contributed by atoms with Crippen molar-refractivity contribution in [2.75, 3.05) is 26.4 Å². The lowest BCUT2D eigenvalue weighted by atomic mass is 10.0. The van der Waals surface area contributed by atoms with Crippen LogP contribution in [0.5, 0.6) is 23.0 Å². The van der Waals surface area contributed by atoms with Crippen LogP contribution >= 0.6 is 0 Å². The predicted molar refractivity (Wildman–Crippen MR) is 158 cm³/mol. The van der Waals surface area contributed by atoms with Crippen molar-refractivity contribution in [2.45, 2.75) is 27.7 Å². The predicted octanol–water partition coefficient (Wildman–Crippen LogP) is 6.30. The number of pyridine rings is 2. The maximum atomic E-state index is 13.3. The van der Waals surface area contributed by atoms with E-state index in [1.54, 1.807) is 24.3 Å². The Kier molecular flexibility index (Phi) is 7.77. The molecule has 0 saturated carbocycles. The number of nitrogens with one attached hydrogen (secondary N) is 2. The molecule has 0 unspecified atom stereocenters. The van der Waals surface area contributed by atoms with Crippen LogP contribution < -0.4 is 29.8 Å². The Balaban J connectivity index is 1.63. The molecule has 5 aromatic rings. The number of fused-ring (bicyclic) bond motifs is 2. The molecule has 0 radical (unpaired) electrons. The van der Waals surface area contributed by atoms with Gasteiger partial charge in [0.05, 0.1) is 37.5 Å². The Hall–Kier alpha value is -4.72. The van der Waals surface area contributed by atoms with Crippen LogP contribution in [0.4, 0.5) is 0 Å². The quantitative estimate of drug-likeness (QED) is 0.202. The lowest BCUT2D eigenvalue weighted by molar-refractivity contribution is 0.323. The molecule has 0 aliphatic carbocycles. The summed E-state index contributed by atoms with van der Waals surface area (Å²) in [5.74, 6) is 2.58. The first-order valence-corrected chi connectivity index (χ1v) is 13.5. The van der Waals surface area contributed by atoms with Gasteiger partial charge in [-0.05, 0) is 64.1 Å². The molecule has 2 N–H and O–H groups in total. The third kappa shape index (κ3) is 5.52. The first-order chi connectivity index (χ1) is 19.4. The summed E-state index contributed by atoms with van der Waals surface area (Å²) >= 11 is 0. The van der Waals surface area contributed by atoms with Crippen molar-refractivity contribution < 1.29 is 18.9 Å². The Bertz CT molecular complexity index is 1620. The summed E-state index contributed by atoms with van der Waals surface area (Å²) in [4.78, 5) is 33.3. The molecule has 0 saturated heterocycles. The Morgan fingerprint density at radius 3 is 1.10 bits per heavy atom. The van der Waals surface area contributed by atoms with Gasteiger partial charge < -0.3 is 28.9 Å². The van der Waals surface area contributed by atoms with Gasteiger partial charge in [-0.3, -0.25) is 9.59 Å². The maximum absolute atomic E-state index is 13.3. The zero-order chi connectivity index (χ0) is 28.2. The summed E-state index contributed by atoms with van der Waals surface area (Å²) in [6.45, 7) is 9.65. The number of benzene rings is 3. The second-order valence-electron chi connectivity index (χ2n) is 9.16. The van der Waals surface area contributed by atoms with Gasteiger partial charge in [-0.25, -0.2) is 0 Å². The topological polar surface area (TPSA) is 103 Å². The summed E-state index contributed by atoms with van der Waals surface area (Å²) < 4.78 is 22.8. The summed E-state index contributed by atoms with van der Waals surface area (Å²) in [5.41, 5.74) is 3.47. The van der Waals surface area contributed by atoms with E-state index in [9.17, 15) is 9.59 Å². The molecule has 0 fully saturated rings. The third-order valence-corrected chi connectivity index (χ3v) is 6.40. The van der Waals surface area contributed by atoms with E-state index < -0.39 is 0 Å². The molecule has 0 atom stereocenters. The molecular weight excluding hydrogens is 508 g/mol. The minimum atomic E-state index is -0.173. The van der Waals surface area contributed by atoms with E-state index in [0.717, 1.165) is 11.1 Å². The standard InChI is InChI=1S/C32H32N2O6/c1-5-37-21-9-19(10-22(13-21)38-6-2)27-17-31(35)25-16-30-26(15-29(25)33-27)32(36)18-28(34-30)20-11-23(39-7-3)14-24(12-20)40-8-4/h9-18H,5-8H2,1-4H3,(H,33,35)(H,34,36). The molecule has 206 valence electrons. The minimum Gasteiger partial charge on any atom is -0.494 e. The molecule has 0 aliphatic rings. The van der Waals surface area contributed by atoms with E-state index in [-0.39, 0.29) is 10.9 Å². The van der Waals surface area contributed by atoms with E-state index >= 15 is 0 Å². The second-order valence-corrected chi connectivity index (χ2v) is 9.16. The van der Waals surface area contributed by atoms with Gasteiger partial charge >= 0.3 is 0 Å². The SMILES string of the molecule is CCOc1cc(OCC)cc(-c2cc(=O)c3cc4[nH]c(-c5cc(OCC)cc(OCC)c5)cc(=O)c4cc3[nH]2)c1. The summed E-state index contributed by atoms with van der Waals surface area (Å²) in [6.07, 6.45) is 0. The molecule has 8 nitrogen and oxygen atoms in total. The highest BCUT2D eigenvalue weighted by molar-refractivity contribution is 5.96. The van der Waals surface area contributed by atoms with Crippen LogP contribution in [-0.2, 0) is 0 Å². The molecule has 0 aliphatic heterocycles. The molecule has 2 heterocycles. The fourth-order valence-corrected chi connectivity index (χ4v) is 4.76. The van der Waals surface area contributed by atoms with Crippen LogP contribution in [0.25, 0.3) is 44.3 Å². The van der Waals surface area contributed by atoms with Crippen molar-refractivity contribution in [1.29, 1.82) is 0 Å². The molecule has 5 rings (SSSR count). The number of hydrogen-bond acceptors (Lipinski definition) is 6. The number of aromatic nitrogens is 2. The van der Waals surface area contributed by atoms with Gasteiger partial charge in [0.25, 0.3) is 0 Å². The molecule has 40 heavy (non-hydrogen) atoms. The average molecular weight is 541 g/mol. The fourth-order valence-electron chi connectivity index (χ4n) is 4.76. The lowest BCUT2D eigenvalue weighted by Gasteiger charge is -2.13. The monoisotopic (exact) mass is 540 g/mol. The highest BCUT2D eigenvalue weighted by atomic mass is 16.5. The smallest absolute Gasteiger partial charge is 0.190 e. The van der Waals surface area contributed by atoms with E-state index in [1.165, 1.54) is 0 Å². The number of rotatable bonds is 10. The van der Waals surface area contributed by atoms with E-state index in [2.05, 4.69) is 9.97 Å². The summed E-state index contributed by atoms with van der Waals surface area (Å²) in [6, 6.07) is 17.6. The van der Waals surface area contributed by atoms with Crippen molar-refractivity contribution in [3.63, 3.8) is 0 Å². The van der Waals surface area contributed by atoms with Crippen LogP contribution in [0.1, 0.15) is 27.7 Å². The summed E-state index contributed by atoms with van der Waals surface area (Å²) in [5, 5.41) is 0.932. The van der Waals surface area contributed by atoms with Crippen LogP contribution in [0.2, 0.25) is 0 Å². The van der Waals surface area contributed by atoms with Crippen molar-refractivity contribution in [2.24, 2.45) is 0 Å². The van der Waals surface area contributed by atoms with Gasteiger partial charge in [-0.15, -0.1) is 0 Å². The van der Waals surface area contributed by atoms with Crippen molar-refractivity contribution in [3.05, 3.63) is 81.1 Å². The highest BCUT2D eigenvalue weighted by Gasteiger charge is 2.13. The highest BCUT2D eigenvalue weighted by Crippen LogP contribution is 2.32. The number of hydrogen-bond donors (Lipinski definition) is 2. The number of aromatic amines is 2. The normalized spacial score (nSPS) is 11.1. The van der Waals surface area contributed by atoms with Crippen molar-refractivity contribution in [1.82, 2.24) is 9.97 Å². The molecule has 0 amide bonds. The van der Waals surface area contributed by atoms with Crippen molar-refractivity contribution in [3.8, 4) is 45.5 Å². The zero-order valence-electron chi connectivity index (χ0n) is 23.1. The van der Waals surface area contributed by atoms with E-state index in [4.69, 9.17) is 18.9 Å². The van der Waals surface area contributed by atoms with E-state index in [1.807, 2.05) is 64.1 Å². The average Bonchev–Trinajstić information content (AvgIpc) is 2.93. The molecule has 3 aromatic carbocycles. The molecular formula is C32H32N2O6. The lowest BCUT2D eigenvalue weighted by Crippen LogP contribution is -2.07. The van der Waals surface area contributed by atoms with Gasteiger partial charge in [0.15, 0.2) is 10.9 Å². The third-order valence-electron chi connectivity index (χ3n) is 6.40. The zero-order valence-corrected chi connectivity index (χ0v) is 23.1. The fraction of sp³-hybridized carbons (Fsp3) is 0.250. The molecule has 2 aromatic heterocycles. The van der Waals surface area contributed by atoms with Gasteiger partial charge in [0, 0.05) is 57.6 Å². The van der Waals surface area contributed by atoms with Crippen LogP contribution in [0, 0.1) is 0 Å². The Morgan fingerprint density at radius 2 is 0.800 bits per heavy atom. The first-order valence-electron chi connectivity index (χ1n) is 13.5. The first kappa shape index (κ1) is 26.9. The van der Waals surface area contributed by atoms with Crippen LogP contribution in [-0.4, -0.2) is 36.4 Å². The van der Waals surface area contributed by atoms with Gasteiger partial charge in [0.1, 0.15) is 23.0 Å². The molecule has 8 heteroatoms. The van der Waals surface area contributed by atoms with Gasteiger partial charge in [-0.1, -0.05) is 0 Å². The minimum absolute atomic E-state index is 0.173. The largest absolute Gasteiger partial charge is 0.494 e. The Labute approximate surface area is 231 Å². The molecule has 0 spiro atoms. The summed E-state index contributed by atoms with van der Waals surface area (Å²) in [7, 11) is 0. The van der Waals surface area contributed by atoms with E-state index in [0.29, 0.717) is 82.6 Å². The molecule has 0 bridgehead atoms. The Morgan fingerprint density at radius 1 is 0.475 bits per heavy atom. The van der Waals surface area contributed by atoms with Crippen LogP contribution in [0.3, 0.4) is 0 Å². The van der Waals surface area contributed by atoms with Crippen LogP contribution in [0.15, 0.2) is 70.3 Å². The number of H-pyrrole nitrogens is 2. The van der Waals surface area contributed by atoms with Crippen molar-refractivity contribution >= 4 is 21.8 Å². The van der Waals surface area contributed by atoms with Gasteiger partial charge in [0.2, 0.25) is 0 Å².